The smallest absolute Gasteiger partial charge is 0.306 e. The quantitative estimate of drug-likeness (QED) is 0.748. The van der Waals surface area contributed by atoms with Gasteiger partial charge < -0.3 is 15.4 Å². The molecule has 6 heteroatoms. The van der Waals surface area contributed by atoms with Crippen LogP contribution in [0.25, 0.3) is 0 Å². The number of hydrogen-bond donors (Lipinski definition) is 1. The van der Waals surface area contributed by atoms with E-state index in [-0.39, 0.29) is 31.1 Å². The minimum atomic E-state index is -0.685. The van der Waals surface area contributed by atoms with E-state index in [9.17, 15) is 9.59 Å². The lowest BCUT2D eigenvalue weighted by Gasteiger charge is -2.20. The molecular formula is C15H23N3O3. The Morgan fingerprint density at radius 2 is 2.05 bits per heavy atom. The van der Waals surface area contributed by atoms with Gasteiger partial charge in [0.05, 0.1) is 18.9 Å². The molecule has 0 aromatic heterocycles. The first kappa shape index (κ1) is 17.1. The first-order chi connectivity index (χ1) is 9.78. The second-order valence-corrected chi connectivity index (χ2v) is 5.82. The highest BCUT2D eigenvalue weighted by atomic mass is 16.6. The van der Waals surface area contributed by atoms with Crippen LogP contribution in [0.1, 0.15) is 33.6 Å². The molecule has 1 heterocycles. The highest BCUT2D eigenvalue weighted by molar-refractivity contribution is 5.88. The molecule has 21 heavy (non-hydrogen) atoms. The third kappa shape index (κ3) is 7.41. The third-order valence-corrected chi connectivity index (χ3v) is 2.61. The monoisotopic (exact) mass is 293 g/mol. The number of allylic oxidation sites excluding steroid dienone is 2. The fraction of sp³-hybridized carbons (Fsp3) is 0.533. The summed E-state index contributed by atoms with van der Waals surface area (Å²) in [5.74, 6) is -0.484. The Bertz CT molecular complexity index is 445. The summed E-state index contributed by atoms with van der Waals surface area (Å²) in [6.07, 6.45) is 8.89. The van der Waals surface area contributed by atoms with Gasteiger partial charge in [-0.25, -0.2) is 4.99 Å². The normalized spacial score (nSPS) is 15.7. The predicted molar refractivity (Wildman–Crippen MR) is 81.5 cm³/mol. The van der Waals surface area contributed by atoms with Crippen molar-refractivity contribution in [2.75, 3.05) is 6.54 Å². The summed E-state index contributed by atoms with van der Waals surface area (Å²) >= 11 is 0. The van der Waals surface area contributed by atoms with Gasteiger partial charge in [-0.05, 0) is 39.3 Å². The number of nitrogens with zero attached hydrogens (tertiary/aromatic N) is 2. The van der Waals surface area contributed by atoms with Crippen LogP contribution in [-0.4, -0.2) is 41.2 Å². The minimum absolute atomic E-state index is 0.135. The van der Waals surface area contributed by atoms with Crippen LogP contribution >= 0.6 is 0 Å². The SMILES string of the molecule is CC(C)(C)OC(=O)CCC(N)C(=O)CN1C=CC=CN=C1. The Balaban J connectivity index is 2.36. The summed E-state index contributed by atoms with van der Waals surface area (Å²) in [6.45, 7) is 5.54. The van der Waals surface area contributed by atoms with E-state index in [4.69, 9.17) is 10.5 Å². The van der Waals surface area contributed by atoms with Crippen molar-refractivity contribution in [1.82, 2.24) is 4.90 Å². The van der Waals surface area contributed by atoms with Gasteiger partial charge in [0.15, 0.2) is 5.78 Å². The molecule has 0 spiro atoms. The van der Waals surface area contributed by atoms with Crippen LogP contribution in [0.3, 0.4) is 0 Å². The molecule has 116 valence electrons. The zero-order valence-electron chi connectivity index (χ0n) is 12.8. The minimum Gasteiger partial charge on any atom is -0.460 e. The summed E-state index contributed by atoms with van der Waals surface area (Å²) < 4.78 is 5.18. The fourth-order valence-electron chi connectivity index (χ4n) is 1.64. The molecule has 0 bridgehead atoms. The van der Waals surface area contributed by atoms with Gasteiger partial charge >= 0.3 is 5.97 Å². The van der Waals surface area contributed by atoms with Gasteiger partial charge in [0.25, 0.3) is 0 Å². The average Bonchev–Trinajstić information content (AvgIpc) is 2.62. The van der Waals surface area contributed by atoms with Gasteiger partial charge in [0.1, 0.15) is 5.60 Å². The number of nitrogens with two attached hydrogens (primary N) is 1. The summed E-state index contributed by atoms with van der Waals surface area (Å²) in [6, 6.07) is -0.685. The first-order valence-corrected chi connectivity index (χ1v) is 6.90. The second-order valence-electron chi connectivity index (χ2n) is 5.82. The van der Waals surface area contributed by atoms with E-state index in [2.05, 4.69) is 4.99 Å². The van der Waals surface area contributed by atoms with Crippen molar-refractivity contribution in [3.8, 4) is 0 Å². The van der Waals surface area contributed by atoms with Gasteiger partial charge in [0, 0.05) is 18.8 Å². The lowest BCUT2D eigenvalue weighted by molar-refractivity contribution is -0.155. The molecule has 0 saturated carbocycles. The van der Waals surface area contributed by atoms with Crippen molar-refractivity contribution in [1.29, 1.82) is 0 Å². The summed E-state index contributed by atoms with van der Waals surface area (Å²) in [4.78, 5) is 29.2. The second kappa shape index (κ2) is 7.73. The van der Waals surface area contributed by atoms with Crippen LogP contribution in [0.2, 0.25) is 0 Å². The number of rotatable bonds is 6. The Hall–Kier alpha value is -1.95. The lowest BCUT2D eigenvalue weighted by atomic mass is 10.1. The van der Waals surface area contributed by atoms with E-state index in [0.717, 1.165) is 0 Å². The number of ether oxygens (including phenoxy) is 1. The zero-order chi connectivity index (χ0) is 15.9. The molecule has 1 atom stereocenters. The van der Waals surface area contributed by atoms with Crippen molar-refractivity contribution < 1.29 is 14.3 Å². The standard InChI is InChI=1S/C15H23N3O3/c1-15(2,3)21-14(20)7-6-12(16)13(19)10-18-9-5-4-8-17-11-18/h4-5,8-9,11-12H,6-7,10,16H2,1-3H3. The van der Waals surface area contributed by atoms with E-state index in [1.807, 2.05) is 0 Å². The largest absolute Gasteiger partial charge is 0.460 e. The number of hydrogen-bond acceptors (Lipinski definition) is 6. The Morgan fingerprint density at radius 1 is 1.33 bits per heavy atom. The molecule has 1 unspecified atom stereocenters. The van der Waals surface area contributed by atoms with E-state index in [1.165, 1.54) is 0 Å². The Labute approximate surface area is 125 Å². The molecule has 0 radical (unpaired) electrons. The number of ketones is 1. The highest BCUT2D eigenvalue weighted by Crippen LogP contribution is 2.10. The maximum atomic E-state index is 12.0. The molecular weight excluding hydrogens is 270 g/mol. The van der Waals surface area contributed by atoms with Crippen LogP contribution in [0, 0.1) is 0 Å². The average molecular weight is 293 g/mol. The molecule has 0 aromatic rings. The van der Waals surface area contributed by atoms with Gasteiger partial charge in [-0.3, -0.25) is 9.59 Å². The summed E-state index contributed by atoms with van der Waals surface area (Å²) in [5.41, 5.74) is 5.29. The molecule has 2 N–H and O–H groups in total. The molecule has 1 aliphatic rings. The van der Waals surface area contributed by atoms with Crippen molar-refractivity contribution in [3.63, 3.8) is 0 Å². The first-order valence-electron chi connectivity index (χ1n) is 6.90. The third-order valence-electron chi connectivity index (χ3n) is 2.61. The van der Waals surface area contributed by atoms with Crippen LogP contribution in [0.15, 0.2) is 29.5 Å². The van der Waals surface area contributed by atoms with Crippen molar-refractivity contribution in [2.24, 2.45) is 10.7 Å². The maximum absolute atomic E-state index is 12.0. The van der Waals surface area contributed by atoms with E-state index < -0.39 is 11.6 Å². The van der Waals surface area contributed by atoms with Gasteiger partial charge in [0.2, 0.25) is 0 Å². The Morgan fingerprint density at radius 3 is 2.71 bits per heavy atom. The van der Waals surface area contributed by atoms with E-state index >= 15 is 0 Å². The van der Waals surface area contributed by atoms with Crippen LogP contribution in [0.4, 0.5) is 0 Å². The molecule has 0 saturated heterocycles. The number of carbonyl (C=O) groups excluding carboxylic acids is 2. The fourth-order valence-corrected chi connectivity index (χ4v) is 1.64. The Kier molecular flexibility index (Phi) is 6.30. The van der Waals surface area contributed by atoms with Crippen molar-refractivity contribution >= 4 is 18.1 Å². The topological polar surface area (TPSA) is 85.0 Å². The highest BCUT2D eigenvalue weighted by Gasteiger charge is 2.20. The molecule has 0 aromatic carbocycles. The number of aliphatic imine (C=N–C) groups is 1. The van der Waals surface area contributed by atoms with Gasteiger partial charge in [-0.15, -0.1) is 0 Å². The number of carbonyl (C=O) groups is 2. The lowest BCUT2D eigenvalue weighted by Crippen LogP contribution is -2.38. The molecule has 0 amide bonds. The molecule has 1 aliphatic heterocycles. The van der Waals surface area contributed by atoms with Gasteiger partial charge in [-0.2, -0.15) is 0 Å². The van der Waals surface area contributed by atoms with Crippen LogP contribution in [0.5, 0.6) is 0 Å². The van der Waals surface area contributed by atoms with E-state index in [1.54, 1.807) is 56.6 Å². The van der Waals surface area contributed by atoms with E-state index in [0.29, 0.717) is 0 Å². The molecule has 0 fully saturated rings. The molecule has 1 rings (SSSR count). The zero-order valence-corrected chi connectivity index (χ0v) is 12.8. The predicted octanol–water partition coefficient (Wildman–Crippen LogP) is 1.38. The van der Waals surface area contributed by atoms with Crippen LogP contribution < -0.4 is 5.73 Å². The molecule has 0 aliphatic carbocycles. The van der Waals surface area contributed by atoms with Gasteiger partial charge in [-0.1, -0.05) is 0 Å². The molecule has 6 nitrogen and oxygen atoms in total. The number of esters is 1. The van der Waals surface area contributed by atoms with Crippen molar-refractivity contribution in [2.45, 2.75) is 45.3 Å². The summed E-state index contributed by atoms with van der Waals surface area (Å²) in [5, 5.41) is 0. The summed E-state index contributed by atoms with van der Waals surface area (Å²) in [7, 11) is 0. The number of Topliss-reactive ketones (excluding diaryl/α,β-unsaturated/α-hetero) is 1. The van der Waals surface area contributed by atoms with Crippen molar-refractivity contribution in [3.05, 3.63) is 24.6 Å². The maximum Gasteiger partial charge on any atom is 0.306 e. The van der Waals surface area contributed by atoms with Crippen LogP contribution in [-0.2, 0) is 14.3 Å².